The zero-order valence-corrected chi connectivity index (χ0v) is 13.3. The highest BCUT2D eigenvalue weighted by Gasteiger charge is 2.26. The van der Waals surface area contributed by atoms with Gasteiger partial charge < -0.3 is 4.90 Å². The van der Waals surface area contributed by atoms with Crippen LogP contribution in [0.5, 0.6) is 0 Å². The van der Waals surface area contributed by atoms with Crippen LogP contribution >= 0.6 is 11.6 Å². The molecule has 0 aliphatic carbocycles. The van der Waals surface area contributed by atoms with Crippen LogP contribution in [0, 0.1) is 0 Å². The van der Waals surface area contributed by atoms with Crippen LogP contribution < -0.4 is 9.62 Å². The summed E-state index contributed by atoms with van der Waals surface area (Å²) in [6.45, 7) is 0. The summed E-state index contributed by atoms with van der Waals surface area (Å²) >= 11 is 5.85. The monoisotopic (exact) mass is 336 g/mol. The van der Waals surface area contributed by atoms with E-state index in [1.165, 1.54) is 23.1 Å². The molecule has 0 unspecified atom stereocenters. The lowest BCUT2D eigenvalue weighted by atomic mass is 10.2. The second-order valence-corrected chi connectivity index (χ2v) is 7.15. The van der Waals surface area contributed by atoms with Crippen molar-refractivity contribution in [2.45, 2.75) is 11.3 Å². The predicted molar refractivity (Wildman–Crippen MR) is 85.8 cm³/mol. The third-order valence-corrected chi connectivity index (χ3v) is 5.13. The number of fused-ring (bicyclic) bond motifs is 1. The molecular formula is C15H13ClN2O3S. The topological polar surface area (TPSA) is 66.5 Å². The lowest BCUT2D eigenvalue weighted by molar-refractivity contribution is -0.117. The number of halogens is 1. The van der Waals surface area contributed by atoms with Gasteiger partial charge in [0.15, 0.2) is 0 Å². The number of nitrogens with one attached hydrogen (secondary N) is 1. The number of likely N-dealkylation sites (N-methyl/N-ethyl adjacent to an activating group) is 1. The predicted octanol–water partition coefficient (Wildman–Crippen LogP) is 2.66. The largest absolute Gasteiger partial charge is 0.315 e. The van der Waals surface area contributed by atoms with E-state index >= 15 is 0 Å². The molecule has 0 saturated carbocycles. The summed E-state index contributed by atoms with van der Waals surface area (Å²) in [5.74, 6) is -0.0488. The van der Waals surface area contributed by atoms with E-state index in [1.807, 2.05) is 0 Å². The Morgan fingerprint density at radius 3 is 2.68 bits per heavy atom. The molecule has 7 heteroatoms. The number of hydrogen-bond donors (Lipinski definition) is 1. The molecule has 1 amide bonds. The second kappa shape index (κ2) is 5.30. The highest BCUT2D eigenvalue weighted by molar-refractivity contribution is 7.92. The van der Waals surface area contributed by atoms with Gasteiger partial charge in [-0.1, -0.05) is 17.7 Å². The second-order valence-electron chi connectivity index (χ2n) is 5.04. The van der Waals surface area contributed by atoms with Gasteiger partial charge in [-0.3, -0.25) is 9.52 Å². The zero-order valence-electron chi connectivity index (χ0n) is 11.7. The molecule has 5 nitrogen and oxygen atoms in total. The Morgan fingerprint density at radius 2 is 1.95 bits per heavy atom. The van der Waals surface area contributed by atoms with Gasteiger partial charge in [0.25, 0.3) is 10.0 Å². The van der Waals surface area contributed by atoms with Gasteiger partial charge in [0, 0.05) is 17.8 Å². The highest BCUT2D eigenvalue weighted by Crippen LogP contribution is 2.30. The normalized spacial score (nSPS) is 14.1. The average Bonchev–Trinajstić information content (AvgIpc) is 2.73. The minimum Gasteiger partial charge on any atom is -0.315 e. The van der Waals surface area contributed by atoms with Crippen LogP contribution in [0.2, 0.25) is 5.02 Å². The summed E-state index contributed by atoms with van der Waals surface area (Å²) in [6.07, 6.45) is 0.215. The minimum absolute atomic E-state index is 0.0488. The molecule has 0 aromatic heterocycles. The summed E-state index contributed by atoms with van der Waals surface area (Å²) < 4.78 is 27.3. The molecule has 114 valence electrons. The van der Waals surface area contributed by atoms with Gasteiger partial charge in [0.1, 0.15) is 0 Å². The molecule has 0 saturated heterocycles. The zero-order chi connectivity index (χ0) is 15.9. The Morgan fingerprint density at radius 1 is 1.18 bits per heavy atom. The highest BCUT2D eigenvalue weighted by atomic mass is 35.5. The van der Waals surface area contributed by atoms with Crippen LogP contribution in [0.4, 0.5) is 11.4 Å². The number of hydrogen-bond acceptors (Lipinski definition) is 3. The Labute approximate surface area is 133 Å². The average molecular weight is 337 g/mol. The van der Waals surface area contributed by atoms with Crippen LogP contribution in [0.25, 0.3) is 0 Å². The molecule has 0 fully saturated rings. The van der Waals surface area contributed by atoms with Gasteiger partial charge in [-0.2, -0.15) is 0 Å². The van der Waals surface area contributed by atoms with E-state index in [0.717, 1.165) is 5.69 Å². The maximum atomic E-state index is 12.4. The Kier molecular flexibility index (Phi) is 3.58. The molecule has 2 aromatic carbocycles. The van der Waals surface area contributed by atoms with Crippen LogP contribution in [0.15, 0.2) is 47.4 Å². The minimum atomic E-state index is -3.73. The third kappa shape index (κ3) is 2.67. The van der Waals surface area contributed by atoms with Crippen LogP contribution in [-0.2, 0) is 21.2 Å². The van der Waals surface area contributed by atoms with Gasteiger partial charge >= 0.3 is 0 Å². The molecule has 1 N–H and O–H groups in total. The lowest BCUT2D eigenvalue weighted by Gasteiger charge is -2.12. The molecule has 0 bridgehead atoms. The smallest absolute Gasteiger partial charge is 0.261 e. The van der Waals surface area contributed by atoms with Crippen molar-refractivity contribution in [3.8, 4) is 0 Å². The SMILES string of the molecule is CN1C(=O)Cc2cc(S(=O)(=O)Nc3cccc(Cl)c3)ccc21. The molecule has 1 heterocycles. The number of sulfonamides is 1. The van der Waals surface area contributed by atoms with Crippen LogP contribution in [0.3, 0.4) is 0 Å². The van der Waals surface area contributed by atoms with E-state index in [2.05, 4.69) is 4.72 Å². The first-order valence-corrected chi connectivity index (χ1v) is 8.41. The van der Waals surface area contributed by atoms with Crippen molar-refractivity contribution >= 4 is 38.9 Å². The fraction of sp³-hybridized carbons (Fsp3) is 0.133. The number of carbonyl (C=O) groups is 1. The molecule has 0 atom stereocenters. The maximum Gasteiger partial charge on any atom is 0.261 e. The quantitative estimate of drug-likeness (QED) is 0.937. The first kappa shape index (κ1) is 14.9. The van der Waals surface area contributed by atoms with E-state index in [1.54, 1.807) is 31.3 Å². The number of rotatable bonds is 3. The van der Waals surface area contributed by atoms with Crippen molar-refractivity contribution < 1.29 is 13.2 Å². The lowest BCUT2D eigenvalue weighted by Crippen LogP contribution is -2.20. The Balaban J connectivity index is 1.94. The third-order valence-electron chi connectivity index (χ3n) is 3.52. The number of benzene rings is 2. The number of carbonyl (C=O) groups excluding carboxylic acids is 1. The van der Waals surface area contributed by atoms with E-state index in [-0.39, 0.29) is 17.2 Å². The van der Waals surface area contributed by atoms with Gasteiger partial charge in [-0.25, -0.2) is 8.42 Å². The number of nitrogens with zero attached hydrogens (tertiary/aromatic N) is 1. The van der Waals surface area contributed by atoms with Crippen molar-refractivity contribution in [2.24, 2.45) is 0 Å². The molecule has 1 aliphatic heterocycles. The summed E-state index contributed by atoms with van der Waals surface area (Å²) in [7, 11) is -2.05. The molecule has 0 spiro atoms. The summed E-state index contributed by atoms with van der Waals surface area (Å²) in [6, 6.07) is 11.1. The standard InChI is InChI=1S/C15H13ClN2O3S/c1-18-14-6-5-13(7-10(14)8-15(18)19)22(20,21)17-12-4-2-3-11(16)9-12/h2-7,9,17H,8H2,1H3. The van der Waals surface area contributed by atoms with Gasteiger partial charge in [-0.05, 0) is 42.0 Å². The molecule has 0 radical (unpaired) electrons. The summed E-state index contributed by atoms with van der Waals surface area (Å²) in [5.41, 5.74) is 1.84. The van der Waals surface area contributed by atoms with E-state index in [4.69, 9.17) is 11.6 Å². The van der Waals surface area contributed by atoms with Crippen molar-refractivity contribution in [3.05, 3.63) is 53.1 Å². The van der Waals surface area contributed by atoms with Crippen molar-refractivity contribution in [1.82, 2.24) is 0 Å². The van der Waals surface area contributed by atoms with E-state index in [0.29, 0.717) is 16.3 Å². The fourth-order valence-electron chi connectivity index (χ4n) is 2.38. The van der Waals surface area contributed by atoms with Crippen LogP contribution in [0.1, 0.15) is 5.56 Å². The first-order chi connectivity index (χ1) is 10.4. The summed E-state index contributed by atoms with van der Waals surface area (Å²) in [5, 5.41) is 0.446. The van der Waals surface area contributed by atoms with Gasteiger partial charge in [0.2, 0.25) is 5.91 Å². The molecule has 1 aliphatic rings. The maximum absolute atomic E-state index is 12.4. The van der Waals surface area contributed by atoms with Gasteiger partial charge in [0.05, 0.1) is 17.0 Å². The molecular weight excluding hydrogens is 324 g/mol. The first-order valence-electron chi connectivity index (χ1n) is 6.55. The Bertz CT molecular complexity index is 865. The Hall–Kier alpha value is -2.05. The van der Waals surface area contributed by atoms with Crippen molar-refractivity contribution in [2.75, 3.05) is 16.7 Å². The molecule has 3 rings (SSSR count). The van der Waals surface area contributed by atoms with Gasteiger partial charge in [-0.15, -0.1) is 0 Å². The van der Waals surface area contributed by atoms with E-state index in [9.17, 15) is 13.2 Å². The fourth-order valence-corrected chi connectivity index (χ4v) is 3.67. The van der Waals surface area contributed by atoms with Crippen molar-refractivity contribution in [1.29, 1.82) is 0 Å². The molecule has 22 heavy (non-hydrogen) atoms. The number of anilines is 2. The van der Waals surface area contributed by atoms with Crippen LogP contribution in [-0.4, -0.2) is 21.4 Å². The van der Waals surface area contributed by atoms with Crippen molar-refractivity contribution in [3.63, 3.8) is 0 Å². The van der Waals surface area contributed by atoms with E-state index < -0.39 is 10.0 Å². The number of amides is 1. The summed E-state index contributed by atoms with van der Waals surface area (Å²) in [4.78, 5) is 13.3. The molecule has 2 aromatic rings.